The van der Waals surface area contributed by atoms with Gasteiger partial charge in [-0.2, -0.15) is 4.98 Å². The summed E-state index contributed by atoms with van der Waals surface area (Å²) >= 11 is 1.70. The quantitative estimate of drug-likeness (QED) is 0.589. The summed E-state index contributed by atoms with van der Waals surface area (Å²) in [4.78, 5) is 13.6. The minimum Gasteiger partial charge on any atom is -0.396 e. The van der Waals surface area contributed by atoms with Crippen molar-refractivity contribution in [1.29, 1.82) is 0 Å². The van der Waals surface area contributed by atoms with Gasteiger partial charge in [0.15, 0.2) is 0 Å². The third kappa shape index (κ3) is 2.81. The molecule has 21 heavy (non-hydrogen) atoms. The Kier molecular flexibility index (Phi) is 4.23. The number of nitrogen functional groups attached to an aromatic ring is 1. The van der Waals surface area contributed by atoms with Crippen LogP contribution < -0.4 is 16.2 Å². The summed E-state index contributed by atoms with van der Waals surface area (Å²) in [5, 5.41) is 10.4. The number of hydrogen-bond donors (Lipinski definition) is 3. The van der Waals surface area contributed by atoms with Crippen LogP contribution >= 0.6 is 11.3 Å². The van der Waals surface area contributed by atoms with Gasteiger partial charge in [-0.1, -0.05) is 6.92 Å². The predicted octanol–water partition coefficient (Wildman–Crippen LogP) is 1.75. The molecule has 0 saturated carbocycles. The summed E-state index contributed by atoms with van der Waals surface area (Å²) in [7, 11) is 0. The van der Waals surface area contributed by atoms with Crippen molar-refractivity contribution in [2.45, 2.75) is 26.2 Å². The fourth-order valence-corrected chi connectivity index (χ4v) is 3.73. The van der Waals surface area contributed by atoms with Crippen LogP contribution in [0.2, 0.25) is 0 Å². The van der Waals surface area contributed by atoms with Crippen LogP contribution in [0, 0.1) is 5.92 Å². The van der Waals surface area contributed by atoms with E-state index in [2.05, 4.69) is 33.3 Å². The summed E-state index contributed by atoms with van der Waals surface area (Å²) in [6.07, 6.45) is 2.99. The topological polar surface area (TPSA) is 87.3 Å². The largest absolute Gasteiger partial charge is 0.396 e. The van der Waals surface area contributed by atoms with Gasteiger partial charge in [-0.3, -0.25) is 5.43 Å². The number of anilines is 2. The van der Waals surface area contributed by atoms with Gasteiger partial charge >= 0.3 is 0 Å². The average molecular weight is 307 g/mol. The molecule has 0 spiro atoms. The molecule has 0 bridgehead atoms. The molecule has 1 aliphatic heterocycles. The molecule has 0 aromatic carbocycles. The standard InChI is InChI=1S/C14H21N5OS/c1-2-10-7-11-12(16-14(18-15)17-13(11)21-10)19-5-3-9(8-20)4-6-19/h7,9,20H,2-6,8,15H2,1H3,(H,16,17,18). The first-order valence-electron chi connectivity index (χ1n) is 7.38. The molecule has 0 unspecified atom stereocenters. The lowest BCUT2D eigenvalue weighted by Crippen LogP contribution is -2.35. The number of aromatic nitrogens is 2. The predicted molar refractivity (Wildman–Crippen MR) is 86.6 cm³/mol. The average Bonchev–Trinajstić information content (AvgIpc) is 2.97. The highest BCUT2D eigenvalue weighted by Gasteiger charge is 2.22. The molecule has 3 heterocycles. The third-order valence-electron chi connectivity index (χ3n) is 4.07. The van der Waals surface area contributed by atoms with Gasteiger partial charge in [0.2, 0.25) is 5.95 Å². The number of nitrogens with two attached hydrogens (primary N) is 1. The molecule has 1 fully saturated rings. The minimum atomic E-state index is 0.279. The zero-order valence-electron chi connectivity index (χ0n) is 12.2. The SMILES string of the molecule is CCc1cc2c(N3CCC(CO)CC3)nc(NN)nc2s1. The first-order valence-corrected chi connectivity index (χ1v) is 8.19. The Morgan fingerprint density at radius 2 is 2.19 bits per heavy atom. The van der Waals surface area contributed by atoms with E-state index in [0.29, 0.717) is 11.9 Å². The van der Waals surface area contributed by atoms with Crippen LogP contribution in [0.15, 0.2) is 6.07 Å². The second kappa shape index (κ2) is 6.13. The number of hydrogen-bond acceptors (Lipinski definition) is 7. The van der Waals surface area contributed by atoms with E-state index in [1.807, 2.05) is 0 Å². The van der Waals surface area contributed by atoms with Crippen LogP contribution in [0.4, 0.5) is 11.8 Å². The Hall–Kier alpha value is -1.44. The van der Waals surface area contributed by atoms with E-state index in [9.17, 15) is 5.11 Å². The van der Waals surface area contributed by atoms with Crippen molar-refractivity contribution in [3.63, 3.8) is 0 Å². The van der Waals surface area contributed by atoms with Gasteiger partial charge in [0.05, 0.1) is 5.39 Å². The monoisotopic (exact) mass is 307 g/mol. The summed E-state index contributed by atoms with van der Waals surface area (Å²) in [6.45, 7) is 4.25. The van der Waals surface area contributed by atoms with E-state index < -0.39 is 0 Å². The van der Waals surface area contributed by atoms with Gasteiger partial charge in [0.25, 0.3) is 0 Å². The molecule has 7 heteroatoms. The van der Waals surface area contributed by atoms with Crippen LogP contribution in [-0.2, 0) is 6.42 Å². The number of nitrogens with one attached hydrogen (secondary N) is 1. The van der Waals surface area contributed by atoms with E-state index in [4.69, 9.17) is 5.84 Å². The second-order valence-corrected chi connectivity index (χ2v) is 6.53. The van der Waals surface area contributed by atoms with E-state index in [1.165, 1.54) is 4.88 Å². The molecule has 0 amide bonds. The van der Waals surface area contributed by atoms with Crippen molar-refractivity contribution in [3.05, 3.63) is 10.9 Å². The van der Waals surface area contributed by atoms with Crippen LogP contribution in [0.5, 0.6) is 0 Å². The van der Waals surface area contributed by atoms with Gasteiger partial charge in [-0.05, 0) is 31.2 Å². The Labute approximate surface area is 128 Å². The van der Waals surface area contributed by atoms with Crippen molar-refractivity contribution >= 4 is 33.3 Å². The molecule has 4 N–H and O–H groups in total. The third-order valence-corrected chi connectivity index (χ3v) is 5.25. The summed E-state index contributed by atoms with van der Waals surface area (Å²) in [5.74, 6) is 7.34. The van der Waals surface area contributed by atoms with E-state index >= 15 is 0 Å². The number of aliphatic hydroxyl groups excluding tert-OH is 1. The molecule has 0 aliphatic carbocycles. The second-order valence-electron chi connectivity index (χ2n) is 5.41. The molecule has 2 aromatic heterocycles. The lowest BCUT2D eigenvalue weighted by Gasteiger charge is -2.32. The lowest BCUT2D eigenvalue weighted by atomic mass is 9.98. The van der Waals surface area contributed by atoms with E-state index in [-0.39, 0.29) is 6.61 Å². The van der Waals surface area contributed by atoms with Crippen LogP contribution in [0.3, 0.4) is 0 Å². The Bertz CT molecular complexity index is 621. The minimum absolute atomic E-state index is 0.279. The first kappa shape index (κ1) is 14.5. The number of thiophene rings is 1. The summed E-state index contributed by atoms with van der Waals surface area (Å²) < 4.78 is 0. The zero-order chi connectivity index (χ0) is 14.8. The molecule has 6 nitrogen and oxygen atoms in total. The molecule has 114 valence electrons. The smallest absolute Gasteiger partial charge is 0.240 e. The maximum Gasteiger partial charge on any atom is 0.240 e. The number of rotatable bonds is 4. The number of aliphatic hydroxyl groups is 1. The van der Waals surface area contributed by atoms with Crippen molar-refractivity contribution in [3.8, 4) is 0 Å². The normalized spacial score (nSPS) is 16.6. The van der Waals surface area contributed by atoms with Gasteiger partial charge < -0.3 is 10.0 Å². The first-order chi connectivity index (χ1) is 10.2. The fraction of sp³-hybridized carbons (Fsp3) is 0.571. The van der Waals surface area contributed by atoms with E-state index in [0.717, 1.165) is 48.4 Å². The summed E-state index contributed by atoms with van der Waals surface area (Å²) in [6, 6.07) is 2.19. The number of piperidine rings is 1. The molecular weight excluding hydrogens is 286 g/mol. The highest BCUT2D eigenvalue weighted by molar-refractivity contribution is 7.18. The highest BCUT2D eigenvalue weighted by atomic mass is 32.1. The van der Waals surface area contributed by atoms with Gasteiger partial charge in [0.1, 0.15) is 10.6 Å². The summed E-state index contributed by atoms with van der Waals surface area (Å²) in [5.41, 5.74) is 2.56. The van der Waals surface area contributed by atoms with Crippen LogP contribution in [0.1, 0.15) is 24.6 Å². The fourth-order valence-electron chi connectivity index (χ4n) is 2.76. The molecule has 0 radical (unpaired) electrons. The number of nitrogens with zero attached hydrogens (tertiary/aromatic N) is 3. The Morgan fingerprint density at radius 1 is 1.43 bits per heavy atom. The molecule has 1 saturated heterocycles. The Morgan fingerprint density at radius 3 is 2.81 bits per heavy atom. The molecule has 0 atom stereocenters. The number of aryl methyl sites for hydroxylation is 1. The van der Waals surface area contributed by atoms with E-state index in [1.54, 1.807) is 11.3 Å². The van der Waals surface area contributed by atoms with Crippen LogP contribution in [-0.4, -0.2) is 34.8 Å². The van der Waals surface area contributed by atoms with Gasteiger partial charge in [-0.25, -0.2) is 10.8 Å². The number of fused-ring (bicyclic) bond motifs is 1. The maximum atomic E-state index is 9.27. The zero-order valence-corrected chi connectivity index (χ0v) is 13.0. The molecule has 1 aliphatic rings. The molecular formula is C14H21N5OS. The molecule has 3 rings (SSSR count). The maximum absolute atomic E-state index is 9.27. The van der Waals surface area contributed by atoms with Crippen molar-refractivity contribution in [2.75, 3.05) is 30.0 Å². The van der Waals surface area contributed by atoms with Gasteiger partial charge in [-0.15, -0.1) is 11.3 Å². The number of hydrazine groups is 1. The van der Waals surface area contributed by atoms with Crippen LogP contribution in [0.25, 0.3) is 10.2 Å². The Balaban J connectivity index is 1.98. The highest BCUT2D eigenvalue weighted by Crippen LogP contribution is 2.34. The van der Waals surface area contributed by atoms with Crippen molar-refractivity contribution in [1.82, 2.24) is 9.97 Å². The lowest BCUT2D eigenvalue weighted by molar-refractivity contribution is 0.203. The molecule has 2 aromatic rings. The van der Waals surface area contributed by atoms with Crippen molar-refractivity contribution < 1.29 is 5.11 Å². The van der Waals surface area contributed by atoms with Crippen molar-refractivity contribution in [2.24, 2.45) is 11.8 Å². The van der Waals surface area contributed by atoms with Gasteiger partial charge in [0, 0.05) is 24.6 Å².